The third kappa shape index (κ3) is 2.84. The molecule has 1 aromatic carbocycles. The molecule has 2 aromatic rings. The Kier molecular flexibility index (Phi) is 3.22. The van der Waals surface area contributed by atoms with E-state index in [-0.39, 0.29) is 0 Å². The molecule has 0 saturated heterocycles. The van der Waals surface area contributed by atoms with Gasteiger partial charge >= 0.3 is 0 Å². The van der Waals surface area contributed by atoms with E-state index in [1.165, 1.54) is 5.56 Å². The summed E-state index contributed by atoms with van der Waals surface area (Å²) in [4.78, 5) is 2.16. The predicted octanol–water partition coefficient (Wildman–Crippen LogP) is 1.89. The average molecular weight is 217 g/mol. The van der Waals surface area contributed by atoms with Crippen LogP contribution in [-0.4, -0.2) is 17.1 Å². The van der Waals surface area contributed by atoms with Crippen molar-refractivity contribution in [1.29, 1.82) is 0 Å². The zero-order valence-electron chi connectivity index (χ0n) is 9.26. The molecular weight excluding hydrogens is 202 g/mol. The molecule has 0 atom stereocenters. The molecule has 84 valence electrons. The number of aromatic nitrogens is 1. The van der Waals surface area contributed by atoms with Crippen molar-refractivity contribution >= 4 is 5.69 Å². The molecule has 0 unspecified atom stereocenters. The van der Waals surface area contributed by atoms with Crippen molar-refractivity contribution in [3.05, 3.63) is 47.9 Å². The number of hydrogen-bond acceptors (Lipinski definition) is 4. The van der Waals surface area contributed by atoms with Crippen molar-refractivity contribution in [3.8, 4) is 0 Å². The highest BCUT2D eigenvalue weighted by molar-refractivity contribution is 5.40. The van der Waals surface area contributed by atoms with Gasteiger partial charge in [-0.15, -0.1) is 0 Å². The highest BCUT2D eigenvalue weighted by Gasteiger charge is 2.04. The first kappa shape index (κ1) is 10.7. The predicted molar refractivity (Wildman–Crippen MR) is 62.5 cm³/mol. The minimum absolute atomic E-state index is 0.769. The van der Waals surface area contributed by atoms with Gasteiger partial charge in [0.25, 0.3) is 0 Å². The van der Waals surface area contributed by atoms with Crippen molar-refractivity contribution in [1.82, 2.24) is 10.1 Å². The summed E-state index contributed by atoms with van der Waals surface area (Å²) in [6.45, 7) is 1.61. The number of benzene rings is 1. The number of nitrogens with two attached hydrogens (primary N) is 1. The average Bonchev–Trinajstić information content (AvgIpc) is 2.70. The first-order valence-corrected chi connectivity index (χ1v) is 5.16. The van der Waals surface area contributed by atoms with Crippen molar-refractivity contribution in [2.75, 3.05) is 12.8 Å². The highest BCUT2D eigenvalue weighted by atomic mass is 16.5. The summed E-state index contributed by atoms with van der Waals surface area (Å²) < 4.78 is 4.79. The van der Waals surface area contributed by atoms with Gasteiger partial charge in [0.2, 0.25) is 0 Å². The first-order chi connectivity index (χ1) is 7.74. The molecule has 16 heavy (non-hydrogen) atoms. The number of hydrogen-bond donors (Lipinski definition) is 1. The number of nitrogen functional groups attached to an aromatic ring is 1. The van der Waals surface area contributed by atoms with Crippen molar-refractivity contribution in [3.63, 3.8) is 0 Å². The monoisotopic (exact) mass is 217 g/mol. The van der Waals surface area contributed by atoms with Crippen LogP contribution in [0.1, 0.15) is 11.3 Å². The minimum atomic E-state index is 0.769. The summed E-state index contributed by atoms with van der Waals surface area (Å²) in [6, 6.07) is 9.78. The van der Waals surface area contributed by atoms with Gasteiger partial charge in [-0.25, -0.2) is 0 Å². The van der Waals surface area contributed by atoms with Gasteiger partial charge in [-0.1, -0.05) is 17.3 Å². The van der Waals surface area contributed by atoms with Crippen LogP contribution in [0.4, 0.5) is 5.69 Å². The van der Waals surface area contributed by atoms with E-state index in [2.05, 4.69) is 16.1 Å². The van der Waals surface area contributed by atoms with E-state index in [1.807, 2.05) is 31.3 Å². The molecule has 0 aliphatic rings. The van der Waals surface area contributed by atoms with E-state index >= 15 is 0 Å². The Morgan fingerprint density at radius 3 is 2.88 bits per heavy atom. The van der Waals surface area contributed by atoms with Crippen LogP contribution in [0.15, 0.2) is 41.1 Å². The molecule has 0 amide bonds. The Morgan fingerprint density at radius 2 is 2.19 bits per heavy atom. The van der Waals surface area contributed by atoms with Crippen LogP contribution < -0.4 is 5.73 Å². The van der Waals surface area contributed by atoms with Gasteiger partial charge in [0, 0.05) is 24.8 Å². The standard InChI is InChI=1S/C12H15N3O/c1-15(9-12-5-6-16-14-12)8-10-3-2-4-11(13)7-10/h2-7H,8-9,13H2,1H3. The quantitative estimate of drug-likeness (QED) is 0.794. The van der Waals surface area contributed by atoms with Gasteiger partial charge in [0.05, 0.1) is 5.69 Å². The number of nitrogens with zero attached hydrogens (tertiary/aromatic N) is 2. The van der Waals surface area contributed by atoms with Crippen LogP contribution in [0, 0.1) is 0 Å². The molecule has 0 saturated carbocycles. The summed E-state index contributed by atoms with van der Waals surface area (Å²) in [5.41, 5.74) is 8.66. The van der Waals surface area contributed by atoms with E-state index in [0.29, 0.717) is 0 Å². The van der Waals surface area contributed by atoms with E-state index in [4.69, 9.17) is 10.3 Å². The fraction of sp³-hybridized carbons (Fsp3) is 0.250. The lowest BCUT2D eigenvalue weighted by atomic mass is 10.2. The summed E-state index contributed by atoms with van der Waals surface area (Å²) >= 11 is 0. The highest BCUT2D eigenvalue weighted by Crippen LogP contribution is 2.10. The molecular formula is C12H15N3O. The van der Waals surface area contributed by atoms with Gasteiger partial charge < -0.3 is 10.3 Å². The van der Waals surface area contributed by atoms with Crippen LogP contribution >= 0.6 is 0 Å². The largest absolute Gasteiger partial charge is 0.399 e. The molecule has 0 aliphatic carbocycles. The van der Waals surface area contributed by atoms with E-state index in [1.54, 1.807) is 6.26 Å². The first-order valence-electron chi connectivity index (χ1n) is 5.16. The van der Waals surface area contributed by atoms with Crippen LogP contribution in [0.3, 0.4) is 0 Å². The second kappa shape index (κ2) is 4.81. The van der Waals surface area contributed by atoms with E-state index in [0.717, 1.165) is 24.5 Å². The Hall–Kier alpha value is -1.81. The molecule has 0 spiro atoms. The third-order valence-electron chi connectivity index (χ3n) is 2.33. The van der Waals surface area contributed by atoms with Crippen LogP contribution in [0.25, 0.3) is 0 Å². The van der Waals surface area contributed by atoms with Crippen LogP contribution in [-0.2, 0) is 13.1 Å². The SMILES string of the molecule is CN(Cc1cccc(N)c1)Cc1ccon1. The Morgan fingerprint density at radius 1 is 1.31 bits per heavy atom. The molecule has 4 nitrogen and oxygen atoms in total. The fourth-order valence-electron chi connectivity index (χ4n) is 1.65. The molecule has 2 rings (SSSR count). The zero-order chi connectivity index (χ0) is 11.4. The molecule has 4 heteroatoms. The molecule has 0 radical (unpaired) electrons. The van der Waals surface area contributed by atoms with Gasteiger partial charge in [-0.05, 0) is 24.7 Å². The summed E-state index contributed by atoms with van der Waals surface area (Å²) in [7, 11) is 2.04. The van der Waals surface area contributed by atoms with Gasteiger partial charge in [0.1, 0.15) is 6.26 Å². The molecule has 0 aliphatic heterocycles. The van der Waals surface area contributed by atoms with Gasteiger partial charge in [-0.2, -0.15) is 0 Å². The summed E-state index contributed by atoms with van der Waals surface area (Å²) in [5.74, 6) is 0. The molecule has 0 fully saturated rings. The normalized spacial score (nSPS) is 10.9. The molecule has 0 bridgehead atoms. The second-order valence-electron chi connectivity index (χ2n) is 3.91. The Labute approximate surface area is 94.6 Å². The van der Waals surface area contributed by atoms with Gasteiger partial charge in [0.15, 0.2) is 0 Å². The lowest BCUT2D eigenvalue weighted by molar-refractivity contribution is 0.303. The zero-order valence-corrected chi connectivity index (χ0v) is 9.26. The second-order valence-corrected chi connectivity index (χ2v) is 3.91. The summed E-state index contributed by atoms with van der Waals surface area (Å²) in [6.07, 6.45) is 1.59. The Balaban J connectivity index is 1.94. The molecule has 2 N–H and O–H groups in total. The van der Waals surface area contributed by atoms with Crippen molar-refractivity contribution in [2.45, 2.75) is 13.1 Å². The van der Waals surface area contributed by atoms with Crippen LogP contribution in [0.2, 0.25) is 0 Å². The van der Waals surface area contributed by atoms with Crippen LogP contribution in [0.5, 0.6) is 0 Å². The molecule has 1 aromatic heterocycles. The topological polar surface area (TPSA) is 55.3 Å². The van der Waals surface area contributed by atoms with Gasteiger partial charge in [-0.3, -0.25) is 4.90 Å². The smallest absolute Gasteiger partial charge is 0.124 e. The fourth-order valence-corrected chi connectivity index (χ4v) is 1.65. The maximum absolute atomic E-state index is 5.72. The molecule has 1 heterocycles. The third-order valence-corrected chi connectivity index (χ3v) is 2.33. The summed E-state index contributed by atoms with van der Waals surface area (Å²) in [5, 5.41) is 3.87. The van der Waals surface area contributed by atoms with E-state index < -0.39 is 0 Å². The van der Waals surface area contributed by atoms with Crippen molar-refractivity contribution in [2.24, 2.45) is 0 Å². The maximum Gasteiger partial charge on any atom is 0.124 e. The Bertz CT molecular complexity index is 439. The van der Waals surface area contributed by atoms with E-state index in [9.17, 15) is 0 Å². The minimum Gasteiger partial charge on any atom is -0.399 e. The lowest BCUT2D eigenvalue weighted by Gasteiger charge is -2.15. The maximum atomic E-state index is 5.72. The number of rotatable bonds is 4. The number of anilines is 1. The van der Waals surface area contributed by atoms with Crippen molar-refractivity contribution < 1.29 is 4.52 Å². The lowest BCUT2D eigenvalue weighted by Crippen LogP contribution is -2.17.